The van der Waals surface area contributed by atoms with Crippen molar-refractivity contribution in [2.45, 2.75) is 26.1 Å². The molecule has 4 rings (SSSR count). The number of nitrogens with zero attached hydrogens (tertiary/aromatic N) is 5. The zero-order chi connectivity index (χ0) is 21.6. The second-order valence-corrected chi connectivity index (χ2v) is 7.30. The van der Waals surface area contributed by atoms with Gasteiger partial charge in [-0.1, -0.05) is 18.2 Å². The largest absolute Gasteiger partial charge is 0.465 e. The molecular formula is C22H24N6O3. The number of rotatable bonds is 6. The van der Waals surface area contributed by atoms with Crippen molar-refractivity contribution in [3.63, 3.8) is 0 Å². The number of pyridine rings is 1. The van der Waals surface area contributed by atoms with Crippen LogP contribution >= 0.6 is 0 Å². The van der Waals surface area contributed by atoms with Crippen LogP contribution in [0.15, 0.2) is 48.7 Å². The van der Waals surface area contributed by atoms with Crippen LogP contribution in [0.3, 0.4) is 0 Å². The molecule has 3 heterocycles. The second-order valence-electron chi connectivity index (χ2n) is 7.30. The van der Waals surface area contributed by atoms with Crippen molar-refractivity contribution in [2.75, 3.05) is 20.2 Å². The number of carbonyl (C=O) groups excluding carboxylic acids is 2. The average molecular weight is 420 g/mol. The van der Waals surface area contributed by atoms with Gasteiger partial charge in [-0.15, -0.1) is 10.2 Å². The Morgan fingerprint density at radius 2 is 1.90 bits per heavy atom. The van der Waals surface area contributed by atoms with E-state index in [1.165, 1.54) is 7.11 Å². The highest BCUT2D eigenvalue weighted by atomic mass is 16.5. The maximum atomic E-state index is 12.2. The molecule has 160 valence electrons. The molecule has 0 spiro atoms. The number of hydrogen-bond acceptors (Lipinski definition) is 7. The van der Waals surface area contributed by atoms with Crippen LogP contribution in [-0.2, 0) is 30.8 Å². The molecule has 1 aliphatic heterocycles. The minimum atomic E-state index is -0.332. The van der Waals surface area contributed by atoms with Crippen LogP contribution in [0.2, 0.25) is 0 Å². The third kappa shape index (κ3) is 4.95. The van der Waals surface area contributed by atoms with E-state index in [-0.39, 0.29) is 11.9 Å². The summed E-state index contributed by atoms with van der Waals surface area (Å²) in [5.41, 5.74) is 2.06. The summed E-state index contributed by atoms with van der Waals surface area (Å²) >= 11 is 0. The maximum absolute atomic E-state index is 12.2. The number of carbonyl (C=O) groups is 2. The van der Waals surface area contributed by atoms with Crippen LogP contribution in [0.4, 0.5) is 0 Å². The van der Waals surface area contributed by atoms with E-state index in [4.69, 9.17) is 4.74 Å². The Morgan fingerprint density at radius 3 is 2.65 bits per heavy atom. The minimum Gasteiger partial charge on any atom is -0.465 e. The highest BCUT2D eigenvalue weighted by Crippen LogP contribution is 2.14. The smallest absolute Gasteiger partial charge is 0.337 e. The van der Waals surface area contributed by atoms with E-state index in [0.717, 1.165) is 49.8 Å². The van der Waals surface area contributed by atoms with Gasteiger partial charge in [0.25, 0.3) is 5.91 Å². The fourth-order valence-corrected chi connectivity index (χ4v) is 3.58. The molecule has 1 aliphatic rings. The predicted octanol–water partition coefficient (Wildman–Crippen LogP) is 1.45. The first kappa shape index (κ1) is 20.7. The zero-order valence-electron chi connectivity index (χ0n) is 17.3. The third-order valence-corrected chi connectivity index (χ3v) is 5.28. The number of aromatic nitrogens is 4. The van der Waals surface area contributed by atoms with E-state index in [1.54, 1.807) is 36.5 Å². The van der Waals surface area contributed by atoms with Gasteiger partial charge in [-0.25, -0.2) is 4.79 Å². The van der Waals surface area contributed by atoms with Gasteiger partial charge in [-0.05, 0) is 29.8 Å². The van der Waals surface area contributed by atoms with Crippen molar-refractivity contribution in [1.29, 1.82) is 0 Å². The van der Waals surface area contributed by atoms with Crippen molar-refractivity contribution in [3.05, 3.63) is 77.1 Å². The molecule has 0 fully saturated rings. The minimum absolute atomic E-state index is 0.233. The number of esters is 1. The lowest BCUT2D eigenvalue weighted by atomic mass is 10.1. The van der Waals surface area contributed by atoms with Crippen molar-refractivity contribution >= 4 is 11.9 Å². The van der Waals surface area contributed by atoms with E-state index >= 15 is 0 Å². The number of fused-ring (bicyclic) bond motifs is 1. The molecule has 3 aromatic rings. The summed E-state index contributed by atoms with van der Waals surface area (Å²) in [6.45, 7) is 3.53. The highest BCUT2D eigenvalue weighted by Gasteiger charge is 2.19. The Labute approximate surface area is 180 Å². The lowest BCUT2D eigenvalue weighted by Gasteiger charge is -2.19. The van der Waals surface area contributed by atoms with Crippen LogP contribution in [0.1, 0.15) is 38.1 Å². The van der Waals surface area contributed by atoms with E-state index in [2.05, 4.69) is 30.0 Å². The van der Waals surface area contributed by atoms with Crippen molar-refractivity contribution in [3.8, 4) is 0 Å². The number of ether oxygens (including phenoxy) is 1. The predicted molar refractivity (Wildman–Crippen MR) is 112 cm³/mol. The lowest BCUT2D eigenvalue weighted by molar-refractivity contribution is 0.0600. The van der Waals surface area contributed by atoms with Gasteiger partial charge in [-0.3, -0.25) is 14.7 Å². The number of amides is 1. The molecule has 0 radical (unpaired) electrons. The van der Waals surface area contributed by atoms with E-state index in [0.29, 0.717) is 17.8 Å². The van der Waals surface area contributed by atoms with Gasteiger partial charge in [0.15, 0.2) is 5.82 Å². The van der Waals surface area contributed by atoms with Crippen LogP contribution in [-0.4, -0.2) is 56.7 Å². The maximum Gasteiger partial charge on any atom is 0.337 e. The monoisotopic (exact) mass is 420 g/mol. The lowest BCUT2D eigenvalue weighted by Crippen LogP contribution is -2.28. The van der Waals surface area contributed by atoms with Crippen molar-refractivity contribution < 1.29 is 14.3 Å². The molecule has 2 aromatic heterocycles. The van der Waals surface area contributed by atoms with Gasteiger partial charge < -0.3 is 14.6 Å². The number of hydrogen-bond donors (Lipinski definition) is 1. The molecule has 9 heteroatoms. The van der Waals surface area contributed by atoms with Crippen molar-refractivity contribution in [2.24, 2.45) is 0 Å². The summed E-state index contributed by atoms with van der Waals surface area (Å²) in [4.78, 5) is 30.2. The molecule has 0 atom stereocenters. The first-order chi connectivity index (χ1) is 15.1. The number of benzene rings is 1. The van der Waals surface area contributed by atoms with E-state index < -0.39 is 0 Å². The first-order valence-corrected chi connectivity index (χ1v) is 10.1. The molecule has 0 aliphatic carbocycles. The summed E-state index contributed by atoms with van der Waals surface area (Å²) in [5.74, 6) is 1.10. The second kappa shape index (κ2) is 9.48. The normalized spacial score (nSPS) is 13.8. The molecular weight excluding hydrogens is 396 g/mol. The van der Waals surface area contributed by atoms with Gasteiger partial charge in [0.05, 0.1) is 19.2 Å². The summed E-state index contributed by atoms with van der Waals surface area (Å²) in [7, 11) is 1.38. The fraction of sp³-hybridized carbons (Fsp3) is 0.318. The summed E-state index contributed by atoms with van der Waals surface area (Å²) in [5, 5.41) is 11.4. The molecule has 0 unspecified atom stereocenters. The average Bonchev–Trinajstić information content (AvgIpc) is 3.10. The Hall–Kier alpha value is -3.59. The zero-order valence-corrected chi connectivity index (χ0v) is 17.3. The number of nitrogens with one attached hydrogen (secondary N) is 1. The fourth-order valence-electron chi connectivity index (χ4n) is 3.58. The summed E-state index contributed by atoms with van der Waals surface area (Å²) in [6.07, 6.45) is 2.37. The molecule has 0 saturated carbocycles. The number of methoxy groups -OCH3 is 1. The topological polar surface area (TPSA) is 102 Å². The Balaban J connectivity index is 1.34. The molecule has 31 heavy (non-hydrogen) atoms. The molecule has 9 nitrogen and oxygen atoms in total. The van der Waals surface area contributed by atoms with E-state index in [9.17, 15) is 9.59 Å². The van der Waals surface area contributed by atoms with Gasteiger partial charge in [0, 0.05) is 38.8 Å². The standard InChI is InChI=1S/C22H24N6O3/c1-31-22(30)17-7-5-16(6-8-17)15-27-11-9-19-25-26-20(28(19)13-12-27)14-24-21(29)18-4-2-3-10-23-18/h2-8,10H,9,11-15H2,1H3,(H,24,29). The first-order valence-electron chi connectivity index (χ1n) is 10.1. The third-order valence-electron chi connectivity index (χ3n) is 5.28. The highest BCUT2D eigenvalue weighted by molar-refractivity contribution is 5.92. The summed E-state index contributed by atoms with van der Waals surface area (Å²) < 4.78 is 6.83. The van der Waals surface area contributed by atoms with Gasteiger partial charge >= 0.3 is 5.97 Å². The van der Waals surface area contributed by atoms with Crippen LogP contribution in [0.25, 0.3) is 0 Å². The molecule has 1 aromatic carbocycles. The Kier molecular flexibility index (Phi) is 6.32. The van der Waals surface area contributed by atoms with Crippen molar-refractivity contribution in [1.82, 2.24) is 30.0 Å². The Morgan fingerprint density at radius 1 is 1.06 bits per heavy atom. The summed E-state index contributed by atoms with van der Waals surface area (Å²) in [6, 6.07) is 12.7. The molecule has 0 saturated heterocycles. The van der Waals surface area contributed by atoms with Crippen LogP contribution < -0.4 is 5.32 Å². The Bertz CT molecular complexity index is 1050. The molecule has 1 N–H and O–H groups in total. The molecule has 1 amide bonds. The van der Waals surface area contributed by atoms with Gasteiger partial charge in [-0.2, -0.15) is 0 Å². The van der Waals surface area contributed by atoms with Crippen LogP contribution in [0, 0.1) is 0 Å². The van der Waals surface area contributed by atoms with Crippen LogP contribution in [0.5, 0.6) is 0 Å². The van der Waals surface area contributed by atoms with Gasteiger partial charge in [0.2, 0.25) is 0 Å². The molecule has 0 bridgehead atoms. The quantitative estimate of drug-likeness (QED) is 0.602. The van der Waals surface area contributed by atoms with E-state index in [1.807, 2.05) is 12.1 Å². The SMILES string of the molecule is COC(=O)c1ccc(CN2CCc3nnc(CNC(=O)c4ccccn4)n3CC2)cc1. The van der Waals surface area contributed by atoms with Gasteiger partial charge in [0.1, 0.15) is 11.5 Å².